The number of aliphatic hydroxyl groups is 1. The number of anilines is 1. The zero-order valence-corrected chi connectivity index (χ0v) is 10.5. The molecule has 8 heteroatoms. The first-order valence-electron chi connectivity index (χ1n) is 5.41. The number of aliphatic hydroxyl groups excluding tert-OH is 1. The third-order valence-corrected chi connectivity index (χ3v) is 2.89. The highest BCUT2D eigenvalue weighted by Gasteiger charge is 2.10. The molecular weight excluding hydrogens is 271 g/mol. The largest absolute Gasteiger partial charge is 0.387 e. The van der Waals surface area contributed by atoms with Gasteiger partial charge in [-0.25, -0.2) is 9.18 Å². The van der Waals surface area contributed by atoms with Crippen LogP contribution >= 0.6 is 11.5 Å². The van der Waals surface area contributed by atoms with Crippen LogP contribution in [0.1, 0.15) is 11.7 Å². The van der Waals surface area contributed by atoms with Gasteiger partial charge in [0.05, 0.1) is 12.3 Å². The quantitative estimate of drug-likeness (QED) is 0.793. The molecule has 0 saturated carbocycles. The third-order valence-electron chi connectivity index (χ3n) is 2.31. The molecule has 0 radical (unpaired) electrons. The maximum atomic E-state index is 12.7. The Hall–Kier alpha value is -2.06. The zero-order chi connectivity index (χ0) is 13.7. The molecule has 6 nitrogen and oxygen atoms in total. The van der Waals surface area contributed by atoms with Crippen molar-refractivity contribution in [2.75, 3.05) is 11.9 Å². The van der Waals surface area contributed by atoms with Crippen molar-refractivity contribution in [2.24, 2.45) is 0 Å². The van der Waals surface area contributed by atoms with Crippen molar-refractivity contribution in [3.63, 3.8) is 0 Å². The van der Waals surface area contributed by atoms with Gasteiger partial charge in [-0.05, 0) is 17.7 Å². The van der Waals surface area contributed by atoms with Gasteiger partial charge in [-0.3, -0.25) is 5.32 Å². The highest BCUT2D eigenvalue weighted by atomic mass is 32.1. The Labute approximate surface area is 112 Å². The molecule has 1 heterocycles. The molecule has 0 unspecified atom stereocenters. The van der Waals surface area contributed by atoms with Crippen molar-refractivity contribution >= 4 is 22.6 Å². The average Bonchev–Trinajstić information content (AvgIpc) is 2.89. The predicted octanol–water partition coefficient (Wildman–Crippen LogP) is 1.53. The molecule has 0 bridgehead atoms. The lowest BCUT2D eigenvalue weighted by Crippen LogP contribution is -2.32. The average molecular weight is 282 g/mol. The Morgan fingerprint density at radius 1 is 1.42 bits per heavy atom. The van der Waals surface area contributed by atoms with Crippen molar-refractivity contribution in [2.45, 2.75) is 6.10 Å². The molecule has 3 N–H and O–H groups in total. The minimum Gasteiger partial charge on any atom is -0.387 e. The molecule has 0 aliphatic heterocycles. The van der Waals surface area contributed by atoms with Crippen LogP contribution in [-0.4, -0.2) is 27.3 Å². The molecule has 0 spiro atoms. The van der Waals surface area contributed by atoms with E-state index in [4.69, 9.17) is 0 Å². The van der Waals surface area contributed by atoms with E-state index in [0.717, 1.165) is 11.5 Å². The first kappa shape index (κ1) is 13.4. The number of aromatic nitrogens is 2. The molecule has 2 rings (SSSR count). The Kier molecular flexibility index (Phi) is 4.37. The van der Waals surface area contributed by atoms with Gasteiger partial charge >= 0.3 is 6.03 Å². The summed E-state index contributed by atoms with van der Waals surface area (Å²) in [6.07, 6.45) is 0.520. The maximum absolute atomic E-state index is 12.7. The summed E-state index contributed by atoms with van der Waals surface area (Å²) in [7, 11) is 0. The highest BCUT2D eigenvalue weighted by Crippen LogP contribution is 2.13. The summed E-state index contributed by atoms with van der Waals surface area (Å²) >= 11 is 1.05. The summed E-state index contributed by atoms with van der Waals surface area (Å²) in [5, 5.41) is 18.9. The summed E-state index contributed by atoms with van der Waals surface area (Å²) in [4.78, 5) is 11.5. The van der Waals surface area contributed by atoms with Crippen molar-refractivity contribution in [1.82, 2.24) is 14.9 Å². The van der Waals surface area contributed by atoms with Crippen LogP contribution in [0.3, 0.4) is 0 Å². The van der Waals surface area contributed by atoms with Gasteiger partial charge in [-0.1, -0.05) is 16.6 Å². The summed E-state index contributed by atoms with van der Waals surface area (Å²) in [6, 6.07) is 4.97. The molecule has 0 aliphatic carbocycles. The zero-order valence-electron chi connectivity index (χ0n) is 9.71. The second-order valence-electron chi connectivity index (χ2n) is 3.68. The Morgan fingerprint density at radius 2 is 2.16 bits per heavy atom. The number of carbonyl (C=O) groups is 1. The SMILES string of the molecule is O=C(NC[C@H](O)c1ccc(F)cc1)Nc1cnns1. The van der Waals surface area contributed by atoms with E-state index in [0.29, 0.717) is 10.6 Å². The van der Waals surface area contributed by atoms with E-state index < -0.39 is 12.1 Å². The first-order valence-corrected chi connectivity index (χ1v) is 6.18. The monoisotopic (exact) mass is 282 g/mol. The summed E-state index contributed by atoms with van der Waals surface area (Å²) in [5.41, 5.74) is 0.529. The predicted molar refractivity (Wildman–Crippen MR) is 68.3 cm³/mol. The molecule has 2 amide bonds. The van der Waals surface area contributed by atoms with Crippen LogP contribution < -0.4 is 10.6 Å². The topological polar surface area (TPSA) is 87.1 Å². The van der Waals surface area contributed by atoms with Crippen molar-refractivity contribution in [3.8, 4) is 0 Å². The van der Waals surface area contributed by atoms with Crippen LogP contribution in [0.15, 0.2) is 30.5 Å². The maximum Gasteiger partial charge on any atom is 0.320 e. The number of hydrogen-bond acceptors (Lipinski definition) is 5. The van der Waals surface area contributed by atoms with Gasteiger partial charge in [0.1, 0.15) is 10.8 Å². The fourth-order valence-corrected chi connectivity index (χ4v) is 1.79. The lowest BCUT2D eigenvalue weighted by molar-refractivity contribution is 0.175. The molecule has 0 saturated heterocycles. The van der Waals surface area contributed by atoms with E-state index in [2.05, 4.69) is 20.2 Å². The normalized spacial score (nSPS) is 11.9. The fraction of sp³-hybridized carbons (Fsp3) is 0.182. The molecule has 1 aromatic carbocycles. The second-order valence-corrected chi connectivity index (χ2v) is 4.47. The van der Waals surface area contributed by atoms with Gasteiger partial charge in [0, 0.05) is 18.1 Å². The lowest BCUT2D eigenvalue weighted by atomic mass is 10.1. The van der Waals surface area contributed by atoms with E-state index in [1.807, 2.05) is 0 Å². The molecular formula is C11H11FN4O2S. The number of benzene rings is 1. The number of carbonyl (C=O) groups excluding carboxylic acids is 1. The number of nitrogens with zero attached hydrogens (tertiary/aromatic N) is 2. The van der Waals surface area contributed by atoms with Crippen LogP contribution in [0.2, 0.25) is 0 Å². The number of nitrogens with one attached hydrogen (secondary N) is 2. The summed E-state index contributed by atoms with van der Waals surface area (Å²) in [5.74, 6) is -0.376. The molecule has 1 aromatic heterocycles. The third kappa shape index (κ3) is 3.97. The number of hydrogen-bond donors (Lipinski definition) is 3. The van der Waals surface area contributed by atoms with E-state index >= 15 is 0 Å². The Morgan fingerprint density at radius 3 is 2.79 bits per heavy atom. The van der Waals surface area contributed by atoms with Crippen molar-refractivity contribution in [1.29, 1.82) is 0 Å². The Bertz CT molecular complexity index is 532. The van der Waals surface area contributed by atoms with Crippen molar-refractivity contribution in [3.05, 3.63) is 41.8 Å². The van der Waals surface area contributed by atoms with Crippen LogP contribution in [0, 0.1) is 5.82 Å². The lowest BCUT2D eigenvalue weighted by Gasteiger charge is -2.12. The highest BCUT2D eigenvalue weighted by molar-refractivity contribution is 7.10. The molecule has 100 valence electrons. The second kappa shape index (κ2) is 6.21. The van der Waals surface area contributed by atoms with Crippen LogP contribution in [0.5, 0.6) is 0 Å². The number of urea groups is 1. The number of amides is 2. The minimum atomic E-state index is -0.897. The molecule has 0 aliphatic rings. The van der Waals surface area contributed by atoms with Crippen LogP contribution in [0.25, 0.3) is 0 Å². The van der Waals surface area contributed by atoms with Crippen LogP contribution in [-0.2, 0) is 0 Å². The molecule has 19 heavy (non-hydrogen) atoms. The van der Waals surface area contributed by atoms with E-state index in [9.17, 15) is 14.3 Å². The van der Waals surface area contributed by atoms with Crippen molar-refractivity contribution < 1.29 is 14.3 Å². The van der Waals surface area contributed by atoms with Gasteiger partial charge in [0.2, 0.25) is 0 Å². The fourth-order valence-electron chi connectivity index (χ4n) is 1.37. The van der Waals surface area contributed by atoms with Gasteiger partial charge in [-0.2, -0.15) is 0 Å². The van der Waals surface area contributed by atoms with E-state index in [1.54, 1.807) is 0 Å². The number of rotatable bonds is 4. The molecule has 1 atom stereocenters. The molecule has 0 fully saturated rings. The van der Waals surface area contributed by atoms with Gasteiger partial charge in [0.15, 0.2) is 0 Å². The van der Waals surface area contributed by atoms with Gasteiger partial charge in [-0.15, -0.1) is 5.10 Å². The summed E-state index contributed by atoms with van der Waals surface area (Å²) < 4.78 is 16.3. The smallest absolute Gasteiger partial charge is 0.320 e. The van der Waals surface area contributed by atoms with Gasteiger partial charge < -0.3 is 10.4 Å². The first-order chi connectivity index (χ1) is 9.15. The minimum absolute atomic E-state index is 0.0176. The Balaban J connectivity index is 1.81. The van der Waals surface area contributed by atoms with Gasteiger partial charge in [0.25, 0.3) is 0 Å². The van der Waals surface area contributed by atoms with E-state index in [-0.39, 0.29) is 12.4 Å². The summed E-state index contributed by atoms with van der Waals surface area (Å²) in [6.45, 7) is 0.0176. The van der Waals surface area contributed by atoms with E-state index in [1.165, 1.54) is 30.5 Å². The molecule has 2 aromatic rings. The number of halogens is 1. The van der Waals surface area contributed by atoms with Crippen LogP contribution in [0.4, 0.5) is 14.2 Å². The standard InChI is InChI=1S/C11H11FN4O2S/c12-8-3-1-7(2-4-8)9(17)5-13-11(18)15-10-6-14-16-19-10/h1-4,6,9,17H,5H2,(H2,13,15,18)/t9-/m0/s1.